The van der Waals surface area contributed by atoms with E-state index in [4.69, 9.17) is 40.2 Å². The number of rotatable bonds is 3. The number of nitrogens with one attached hydrogen (secondary N) is 1. The Kier molecular flexibility index (Phi) is 5.89. The number of hydrogen-bond donors (Lipinski definition) is 1. The van der Waals surface area contributed by atoms with E-state index in [0.29, 0.717) is 15.2 Å². The van der Waals surface area contributed by atoms with Crippen LogP contribution in [0.25, 0.3) is 0 Å². The summed E-state index contributed by atoms with van der Waals surface area (Å²) in [5.41, 5.74) is 1.96. The van der Waals surface area contributed by atoms with E-state index < -0.39 is 0 Å². The van der Waals surface area contributed by atoms with Crippen LogP contribution in [0, 0.1) is 0 Å². The van der Waals surface area contributed by atoms with Gasteiger partial charge in [0.1, 0.15) is 5.75 Å². The van der Waals surface area contributed by atoms with Gasteiger partial charge >= 0.3 is 0 Å². The van der Waals surface area contributed by atoms with Crippen molar-refractivity contribution in [3.05, 3.63) is 52.5 Å². The maximum Gasteiger partial charge on any atom is 0.173 e. The van der Waals surface area contributed by atoms with Crippen LogP contribution in [0.2, 0.25) is 10.0 Å². The summed E-state index contributed by atoms with van der Waals surface area (Å²) in [6.45, 7) is 3.40. The van der Waals surface area contributed by atoms with E-state index >= 15 is 0 Å². The third-order valence-corrected chi connectivity index (χ3v) is 5.28. The Morgan fingerprint density at radius 3 is 2.44 bits per heavy atom. The summed E-state index contributed by atoms with van der Waals surface area (Å²) in [7, 11) is 1.65. The number of halogens is 2. The monoisotopic (exact) mass is 395 g/mol. The van der Waals surface area contributed by atoms with E-state index in [9.17, 15) is 0 Å². The topological polar surface area (TPSA) is 27.7 Å². The third-order valence-electron chi connectivity index (χ3n) is 4.18. The number of ether oxygens (including phenoxy) is 1. The molecule has 0 amide bonds. The Hall–Kier alpha value is -1.69. The largest absolute Gasteiger partial charge is 0.495 e. The zero-order chi connectivity index (χ0) is 17.8. The summed E-state index contributed by atoms with van der Waals surface area (Å²) in [4.78, 5) is 4.44. The number of nitrogens with zero attached hydrogens (tertiary/aromatic N) is 2. The fraction of sp³-hybridized carbons (Fsp3) is 0.278. The molecule has 1 aliphatic rings. The average Bonchev–Trinajstić information content (AvgIpc) is 2.64. The lowest BCUT2D eigenvalue weighted by atomic mass is 10.2. The number of methoxy groups -OCH3 is 1. The van der Waals surface area contributed by atoms with Crippen LogP contribution >= 0.6 is 35.4 Å². The Bertz CT molecular complexity index is 764. The van der Waals surface area contributed by atoms with Crippen LogP contribution < -0.4 is 15.0 Å². The van der Waals surface area contributed by atoms with Gasteiger partial charge in [-0.1, -0.05) is 35.3 Å². The van der Waals surface area contributed by atoms with E-state index in [-0.39, 0.29) is 0 Å². The first-order valence-electron chi connectivity index (χ1n) is 7.97. The van der Waals surface area contributed by atoms with E-state index in [1.165, 1.54) is 0 Å². The summed E-state index contributed by atoms with van der Waals surface area (Å²) in [5, 5.41) is 5.14. The highest BCUT2D eigenvalue weighted by molar-refractivity contribution is 7.80. The summed E-state index contributed by atoms with van der Waals surface area (Å²) in [6, 6.07) is 13.5. The zero-order valence-electron chi connectivity index (χ0n) is 13.8. The van der Waals surface area contributed by atoms with Gasteiger partial charge in [0.25, 0.3) is 0 Å². The Morgan fingerprint density at radius 1 is 1.04 bits per heavy atom. The van der Waals surface area contributed by atoms with Crippen LogP contribution in [-0.4, -0.2) is 43.3 Å². The van der Waals surface area contributed by atoms with Crippen molar-refractivity contribution in [3.63, 3.8) is 0 Å². The molecule has 0 radical (unpaired) electrons. The first-order chi connectivity index (χ1) is 12.1. The van der Waals surface area contributed by atoms with Crippen LogP contribution in [0.3, 0.4) is 0 Å². The molecule has 1 N–H and O–H groups in total. The van der Waals surface area contributed by atoms with Crippen LogP contribution in [0.5, 0.6) is 5.75 Å². The predicted octanol–water partition coefficient (Wildman–Crippen LogP) is 4.52. The number of para-hydroxylation sites is 2. The van der Waals surface area contributed by atoms with Crippen molar-refractivity contribution in [2.45, 2.75) is 0 Å². The van der Waals surface area contributed by atoms with Gasteiger partial charge in [-0.2, -0.15) is 0 Å². The maximum absolute atomic E-state index is 6.12. The number of piperazine rings is 1. The highest BCUT2D eigenvalue weighted by Gasteiger charge is 2.20. The Balaban J connectivity index is 1.60. The van der Waals surface area contributed by atoms with Crippen LogP contribution in [0.1, 0.15) is 0 Å². The number of anilines is 2. The van der Waals surface area contributed by atoms with Gasteiger partial charge < -0.3 is 19.9 Å². The van der Waals surface area contributed by atoms with Crippen molar-refractivity contribution in [1.82, 2.24) is 4.90 Å². The Morgan fingerprint density at radius 2 is 1.76 bits per heavy atom. The third kappa shape index (κ3) is 4.29. The van der Waals surface area contributed by atoms with Crippen molar-refractivity contribution >= 4 is 51.9 Å². The van der Waals surface area contributed by atoms with Gasteiger partial charge in [-0.15, -0.1) is 0 Å². The molecule has 0 spiro atoms. The first-order valence-corrected chi connectivity index (χ1v) is 9.14. The van der Waals surface area contributed by atoms with Gasteiger partial charge in [-0.05, 0) is 42.5 Å². The molecular formula is C18H19Cl2N3OS. The lowest BCUT2D eigenvalue weighted by molar-refractivity contribution is 0.390. The van der Waals surface area contributed by atoms with E-state index in [2.05, 4.69) is 15.1 Å². The molecule has 2 aromatic carbocycles. The fourth-order valence-corrected chi connectivity index (χ4v) is 3.38. The number of benzene rings is 2. The lowest BCUT2D eigenvalue weighted by Gasteiger charge is -2.37. The molecule has 0 unspecified atom stereocenters. The van der Waals surface area contributed by atoms with Gasteiger partial charge in [-0.3, -0.25) is 0 Å². The normalized spacial score (nSPS) is 14.4. The second-order valence-corrected chi connectivity index (χ2v) is 6.90. The summed E-state index contributed by atoms with van der Waals surface area (Å²) in [6.07, 6.45) is 0. The van der Waals surface area contributed by atoms with Crippen molar-refractivity contribution in [1.29, 1.82) is 0 Å². The van der Waals surface area contributed by atoms with Gasteiger partial charge in [0.05, 0.1) is 22.8 Å². The van der Waals surface area contributed by atoms with Crippen molar-refractivity contribution < 1.29 is 4.74 Å². The Labute approximate surface area is 163 Å². The SMILES string of the molecule is COc1ccccc1NC(=S)N1CCN(c2ccc(Cl)c(Cl)c2)CC1. The summed E-state index contributed by atoms with van der Waals surface area (Å²) >= 11 is 17.7. The smallest absolute Gasteiger partial charge is 0.173 e. The maximum atomic E-state index is 6.12. The zero-order valence-corrected chi connectivity index (χ0v) is 16.2. The molecule has 1 saturated heterocycles. The first kappa shape index (κ1) is 18.1. The van der Waals surface area contributed by atoms with Crippen molar-refractivity contribution in [3.8, 4) is 5.75 Å². The van der Waals surface area contributed by atoms with E-state index in [1.807, 2.05) is 42.5 Å². The van der Waals surface area contributed by atoms with Crippen molar-refractivity contribution in [2.24, 2.45) is 0 Å². The van der Waals surface area contributed by atoms with Crippen LogP contribution in [0.15, 0.2) is 42.5 Å². The highest BCUT2D eigenvalue weighted by Crippen LogP contribution is 2.28. The molecule has 0 bridgehead atoms. The number of thiocarbonyl (C=S) groups is 1. The minimum absolute atomic E-state index is 0.575. The van der Waals surface area contributed by atoms with Gasteiger partial charge in [-0.25, -0.2) is 0 Å². The second-order valence-electron chi connectivity index (χ2n) is 5.70. The van der Waals surface area contributed by atoms with E-state index in [1.54, 1.807) is 7.11 Å². The molecule has 3 rings (SSSR count). The molecule has 132 valence electrons. The molecular weight excluding hydrogens is 377 g/mol. The van der Waals surface area contributed by atoms with Gasteiger partial charge in [0, 0.05) is 31.9 Å². The molecule has 0 aromatic heterocycles. The summed E-state index contributed by atoms with van der Waals surface area (Å²) < 4.78 is 5.36. The molecule has 1 aliphatic heterocycles. The molecule has 7 heteroatoms. The minimum atomic E-state index is 0.575. The molecule has 4 nitrogen and oxygen atoms in total. The van der Waals surface area contributed by atoms with E-state index in [0.717, 1.165) is 43.3 Å². The molecule has 0 aliphatic carbocycles. The highest BCUT2D eigenvalue weighted by atomic mass is 35.5. The summed E-state index contributed by atoms with van der Waals surface area (Å²) in [5.74, 6) is 0.777. The standard InChI is InChI=1S/C18H19Cl2N3OS/c1-24-17-5-3-2-4-16(17)21-18(25)23-10-8-22(9-11-23)13-6-7-14(19)15(20)12-13/h2-7,12H,8-11H2,1H3,(H,21,25). The number of hydrogen-bond acceptors (Lipinski definition) is 3. The van der Waals surface area contributed by atoms with Crippen molar-refractivity contribution in [2.75, 3.05) is 43.5 Å². The predicted molar refractivity (Wildman–Crippen MR) is 109 cm³/mol. The molecule has 0 atom stereocenters. The minimum Gasteiger partial charge on any atom is -0.495 e. The van der Waals surface area contributed by atoms with Crippen LogP contribution in [0.4, 0.5) is 11.4 Å². The fourth-order valence-electron chi connectivity index (χ4n) is 2.79. The second kappa shape index (κ2) is 8.13. The lowest BCUT2D eigenvalue weighted by Crippen LogP contribution is -2.50. The average molecular weight is 396 g/mol. The van der Waals surface area contributed by atoms with Gasteiger partial charge in [0.2, 0.25) is 0 Å². The molecule has 0 saturated carbocycles. The quantitative estimate of drug-likeness (QED) is 0.771. The van der Waals surface area contributed by atoms with Crippen LogP contribution in [-0.2, 0) is 0 Å². The van der Waals surface area contributed by atoms with Gasteiger partial charge in [0.15, 0.2) is 5.11 Å². The molecule has 1 fully saturated rings. The molecule has 25 heavy (non-hydrogen) atoms. The molecule has 1 heterocycles. The molecule has 2 aromatic rings.